The van der Waals surface area contributed by atoms with Gasteiger partial charge in [-0.2, -0.15) is 0 Å². The summed E-state index contributed by atoms with van der Waals surface area (Å²) in [4.78, 5) is 3.96. The fourth-order valence-corrected chi connectivity index (χ4v) is 2.20. The average molecular weight is 241 g/mol. The molecule has 1 saturated heterocycles. The van der Waals surface area contributed by atoms with E-state index in [1.807, 2.05) is 12.1 Å². The first-order valence-corrected chi connectivity index (χ1v) is 6.15. The van der Waals surface area contributed by atoms with E-state index in [4.69, 9.17) is 16.3 Å². The molecule has 0 radical (unpaired) electrons. The van der Waals surface area contributed by atoms with Crippen molar-refractivity contribution in [2.24, 2.45) is 0 Å². The number of pyridine rings is 1. The molecule has 88 valence electrons. The Morgan fingerprint density at radius 2 is 2.50 bits per heavy atom. The highest BCUT2D eigenvalue weighted by Gasteiger charge is 2.20. The van der Waals surface area contributed by atoms with Gasteiger partial charge >= 0.3 is 0 Å². The topological polar surface area (TPSA) is 34.2 Å². The lowest BCUT2D eigenvalue weighted by atomic mass is 10.0. The molecular weight excluding hydrogens is 224 g/mol. The molecule has 0 saturated carbocycles. The maximum Gasteiger partial charge on any atom is 0.131 e. The van der Waals surface area contributed by atoms with Gasteiger partial charge in [0, 0.05) is 24.5 Å². The molecule has 1 aromatic rings. The summed E-state index contributed by atoms with van der Waals surface area (Å²) in [5.41, 5.74) is 1.04. The van der Waals surface area contributed by atoms with Gasteiger partial charge in [-0.15, -0.1) is 0 Å². The van der Waals surface area contributed by atoms with Crippen LogP contribution in [0.5, 0.6) is 0 Å². The first-order valence-electron chi connectivity index (χ1n) is 5.77. The Kier molecular flexibility index (Phi) is 4.02. The molecule has 2 atom stereocenters. The molecule has 2 rings (SSSR count). The summed E-state index contributed by atoms with van der Waals surface area (Å²) < 4.78 is 5.64. The number of anilines is 1. The second-order valence-electron chi connectivity index (χ2n) is 4.13. The van der Waals surface area contributed by atoms with E-state index < -0.39 is 0 Å². The average Bonchev–Trinajstić information content (AvgIpc) is 2.29. The zero-order valence-electron chi connectivity index (χ0n) is 9.45. The molecule has 16 heavy (non-hydrogen) atoms. The summed E-state index contributed by atoms with van der Waals surface area (Å²) in [5.74, 6) is 0. The number of ether oxygens (including phenoxy) is 1. The minimum Gasteiger partial charge on any atom is -0.382 e. The Labute approximate surface area is 101 Å². The molecular formula is C12H17ClN2O. The van der Waals surface area contributed by atoms with Crippen molar-refractivity contribution in [3.8, 4) is 0 Å². The van der Waals surface area contributed by atoms with Crippen molar-refractivity contribution in [3.63, 3.8) is 0 Å². The number of rotatable bonds is 3. The molecule has 3 nitrogen and oxygen atoms in total. The highest BCUT2D eigenvalue weighted by atomic mass is 35.5. The fourth-order valence-electron chi connectivity index (χ4n) is 2.02. The van der Waals surface area contributed by atoms with Gasteiger partial charge in [0.15, 0.2) is 0 Å². The Morgan fingerprint density at radius 3 is 3.25 bits per heavy atom. The van der Waals surface area contributed by atoms with Crippen LogP contribution in [0.1, 0.15) is 26.2 Å². The molecule has 1 fully saturated rings. The second kappa shape index (κ2) is 5.51. The Balaban J connectivity index is 1.94. The first-order chi connectivity index (χ1) is 7.78. The number of hydrogen-bond acceptors (Lipinski definition) is 3. The Hall–Kier alpha value is -0.800. The summed E-state index contributed by atoms with van der Waals surface area (Å²) in [6.07, 6.45) is 5.31. The van der Waals surface area contributed by atoms with E-state index in [-0.39, 0.29) is 0 Å². The summed E-state index contributed by atoms with van der Waals surface area (Å²) in [5, 5.41) is 4.01. The highest BCUT2D eigenvalue weighted by Crippen LogP contribution is 2.21. The quantitative estimate of drug-likeness (QED) is 0.825. The standard InChI is InChI=1S/C12H17ClN2O/c1-2-11-7-10(4-6-16-11)15-9-3-5-14-12(13)8-9/h3,5,8,10-11H,2,4,6-7H2,1H3,(H,14,15). The maximum absolute atomic E-state index is 5.84. The zero-order chi connectivity index (χ0) is 11.4. The third-order valence-corrected chi connectivity index (χ3v) is 3.13. The van der Waals surface area contributed by atoms with E-state index in [0.717, 1.165) is 31.6 Å². The molecule has 2 heterocycles. The monoisotopic (exact) mass is 240 g/mol. The third kappa shape index (κ3) is 3.09. The van der Waals surface area contributed by atoms with Crippen molar-refractivity contribution >= 4 is 17.3 Å². The molecule has 1 N–H and O–H groups in total. The minimum absolute atomic E-state index is 0.392. The van der Waals surface area contributed by atoms with Gasteiger partial charge in [-0.3, -0.25) is 0 Å². The van der Waals surface area contributed by atoms with E-state index in [9.17, 15) is 0 Å². The number of aromatic nitrogens is 1. The predicted molar refractivity (Wildman–Crippen MR) is 65.9 cm³/mol. The minimum atomic E-state index is 0.392. The highest BCUT2D eigenvalue weighted by molar-refractivity contribution is 6.29. The van der Waals surface area contributed by atoms with Crippen LogP contribution in [-0.2, 0) is 4.74 Å². The van der Waals surface area contributed by atoms with E-state index in [0.29, 0.717) is 17.3 Å². The fraction of sp³-hybridized carbons (Fsp3) is 0.583. The van der Waals surface area contributed by atoms with Crippen LogP contribution in [0.3, 0.4) is 0 Å². The van der Waals surface area contributed by atoms with Gasteiger partial charge in [0.1, 0.15) is 5.15 Å². The molecule has 1 aromatic heterocycles. The van der Waals surface area contributed by atoms with Crippen molar-refractivity contribution in [1.82, 2.24) is 4.98 Å². The lowest BCUT2D eigenvalue weighted by Gasteiger charge is -2.30. The van der Waals surface area contributed by atoms with E-state index in [1.54, 1.807) is 6.20 Å². The number of hydrogen-bond donors (Lipinski definition) is 1. The van der Waals surface area contributed by atoms with Crippen LogP contribution in [-0.4, -0.2) is 23.7 Å². The number of nitrogens with one attached hydrogen (secondary N) is 1. The normalized spacial score (nSPS) is 25.4. The molecule has 4 heteroatoms. The largest absolute Gasteiger partial charge is 0.382 e. The zero-order valence-corrected chi connectivity index (χ0v) is 10.2. The van der Waals surface area contributed by atoms with Crippen LogP contribution in [0.15, 0.2) is 18.3 Å². The van der Waals surface area contributed by atoms with Crippen LogP contribution in [0.25, 0.3) is 0 Å². The van der Waals surface area contributed by atoms with Crippen molar-refractivity contribution in [2.75, 3.05) is 11.9 Å². The molecule has 1 aliphatic heterocycles. The van der Waals surface area contributed by atoms with Gasteiger partial charge in [-0.05, 0) is 31.4 Å². The van der Waals surface area contributed by atoms with Gasteiger partial charge in [0.25, 0.3) is 0 Å². The van der Waals surface area contributed by atoms with Crippen molar-refractivity contribution in [2.45, 2.75) is 38.3 Å². The molecule has 0 aliphatic carbocycles. The molecule has 2 unspecified atom stereocenters. The van der Waals surface area contributed by atoms with Crippen LogP contribution in [0, 0.1) is 0 Å². The molecule has 0 spiro atoms. The van der Waals surface area contributed by atoms with Gasteiger partial charge in [0.2, 0.25) is 0 Å². The smallest absolute Gasteiger partial charge is 0.131 e. The first kappa shape index (κ1) is 11.7. The molecule has 0 bridgehead atoms. The predicted octanol–water partition coefficient (Wildman–Crippen LogP) is 3.10. The van der Waals surface area contributed by atoms with Gasteiger partial charge in [-0.25, -0.2) is 4.98 Å². The van der Waals surface area contributed by atoms with Crippen LogP contribution in [0.2, 0.25) is 5.15 Å². The Bertz CT molecular complexity index is 346. The Morgan fingerprint density at radius 1 is 1.62 bits per heavy atom. The van der Waals surface area contributed by atoms with Crippen molar-refractivity contribution in [1.29, 1.82) is 0 Å². The van der Waals surface area contributed by atoms with E-state index in [2.05, 4.69) is 17.2 Å². The molecule has 0 amide bonds. The van der Waals surface area contributed by atoms with Crippen LogP contribution in [0.4, 0.5) is 5.69 Å². The summed E-state index contributed by atoms with van der Waals surface area (Å²) in [7, 11) is 0. The van der Waals surface area contributed by atoms with Gasteiger partial charge in [0.05, 0.1) is 6.10 Å². The van der Waals surface area contributed by atoms with E-state index >= 15 is 0 Å². The van der Waals surface area contributed by atoms with Gasteiger partial charge < -0.3 is 10.1 Å². The third-order valence-electron chi connectivity index (χ3n) is 2.92. The SMILES string of the molecule is CCC1CC(Nc2ccnc(Cl)c2)CCO1. The maximum atomic E-state index is 5.84. The van der Waals surface area contributed by atoms with E-state index in [1.165, 1.54) is 0 Å². The second-order valence-corrected chi connectivity index (χ2v) is 4.52. The van der Waals surface area contributed by atoms with Crippen LogP contribution < -0.4 is 5.32 Å². The lowest BCUT2D eigenvalue weighted by Crippen LogP contribution is -2.33. The summed E-state index contributed by atoms with van der Waals surface area (Å²) in [6, 6.07) is 4.29. The number of halogens is 1. The van der Waals surface area contributed by atoms with Crippen molar-refractivity contribution in [3.05, 3.63) is 23.5 Å². The summed E-state index contributed by atoms with van der Waals surface area (Å²) in [6.45, 7) is 3.01. The van der Waals surface area contributed by atoms with Gasteiger partial charge in [-0.1, -0.05) is 18.5 Å². The molecule has 0 aromatic carbocycles. The number of nitrogens with zero attached hydrogens (tertiary/aromatic N) is 1. The van der Waals surface area contributed by atoms with Crippen molar-refractivity contribution < 1.29 is 4.74 Å². The van der Waals surface area contributed by atoms with Crippen LogP contribution >= 0.6 is 11.6 Å². The lowest BCUT2D eigenvalue weighted by molar-refractivity contribution is 0.00926. The summed E-state index contributed by atoms with van der Waals surface area (Å²) >= 11 is 5.84. The molecule has 1 aliphatic rings.